The largest absolute Gasteiger partial charge is 0.416 e. The molecular weight excluding hydrogens is 389 g/mol. The molecule has 4 nitrogen and oxygen atoms in total. The number of hydrogen-bond acceptors (Lipinski definition) is 2. The van der Waals surface area contributed by atoms with Gasteiger partial charge in [-0.05, 0) is 43.2 Å². The fourth-order valence-corrected chi connectivity index (χ4v) is 2.35. The summed E-state index contributed by atoms with van der Waals surface area (Å²) in [5.41, 5.74) is 0.626. The van der Waals surface area contributed by atoms with Gasteiger partial charge in [0.25, 0.3) is 0 Å². The van der Waals surface area contributed by atoms with E-state index >= 15 is 0 Å². The molecule has 148 valence electrons. The van der Waals surface area contributed by atoms with Crippen LogP contribution in [0.4, 0.5) is 13.2 Å². The summed E-state index contributed by atoms with van der Waals surface area (Å²) in [5.74, 6) is 6.12. The SMILES string of the molecule is CCNC(=NCCc1ccc(Cl)nc1)NCC#Cc1cccc(C(F)(F)F)c1. The number of guanidine groups is 1. The van der Waals surface area contributed by atoms with Crippen molar-refractivity contribution in [3.05, 3.63) is 64.4 Å². The van der Waals surface area contributed by atoms with Gasteiger partial charge in [0.1, 0.15) is 5.15 Å². The maximum absolute atomic E-state index is 12.7. The van der Waals surface area contributed by atoms with Gasteiger partial charge >= 0.3 is 6.18 Å². The number of halogens is 4. The van der Waals surface area contributed by atoms with Gasteiger partial charge in [0.2, 0.25) is 0 Å². The highest BCUT2D eigenvalue weighted by molar-refractivity contribution is 6.29. The van der Waals surface area contributed by atoms with E-state index in [1.54, 1.807) is 18.3 Å². The fraction of sp³-hybridized carbons (Fsp3) is 0.300. The topological polar surface area (TPSA) is 49.3 Å². The van der Waals surface area contributed by atoms with Gasteiger partial charge < -0.3 is 10.6 Å². The molecule has 0 spiro atoms. The summed E-state index contributed by atoms with van der Waals surface area (Å²) >= 11 is 5.76. The fourth-order valence-electron chi connectivity index (χ4n) is 2.24. The quantitative estimate of drug-likeness (QED) is 0.341. The Morgan fingerprint density at radius 2 is 2.04 bits per heavy atom. The van der Waals surface area contributed by atoms with Crippen LogP contribution >= 0.6 is 11.6 Å². The van der Waals surface area contributed by atoms with Crippen LogP contribution in [0.25, 0.3) is 0 Å². The second kappa shape index (κ2) is 10.6. The molecule has 0 aliphatic rings. The van der Waals surface area contributed by atoms with E-state index in [0.29, 0.717) is 36.2 Å². The van der Waals surface area contributed by atoms with Gasteiger partial charge in [0, 0.05) is 24.8 Å². The summed E-state index contributed by atoms with van der Waals surface area (Å²) in [6.45, 7) is 3.41. The number of pyridine rings is 1. The zero-order valence-electron chi connectivity index (χ0n) is 15.3. The van der Waals surface area contributed by atoms with Gasteiger partial charge in [-0.3, -0.25) is 4.99 Å². The van der Waals surface area contributed by atoms with E-state index in [1.807, 2.05) is 13.0 Å². The first-order valence-corrected chi connectivity index (χ1v) is 9.05. The normalized spacial score (nSPS) is 11.5. The molecule has 0 amide bonds. The van der Waals surface area contributed by atoms with Crippen LogP contribution in [0.1, 0.15) is 23.6 Å². The molecule has 28 heavy (non-hydrogen) atoms. The Morgan fingerprint density at radius 3 is 2.71 bits per heavy atom. The van der Waals surface area contributed by atoms with Gasteiger partial charge in [0.15, 0.2) is 5.96 Å². The second-order valence-corrected chi connectivity index (χ2v) is 6.12. The molecule has 0 aliphatic carbocycles. The van der Waals surface area contributed by atoms with Crippen molar-refractivity contribution < 1.29 is 13.2 Å². The van der Waals surface area contributed by atoms with Crippen molar-refractivity contribution in [3.8, 4) is 11.8 Å². The van der Waals surface area contributed by atoms with E-state index in [4.69, 9.17) is 11.6 Å². The number of rotatable bonds is 5. The molecule has 1 aromatic heterocycles. The van der Waals surface area contributed by atoms with E-state index in [9.17, 15) is 13.2 Å². The van der Waals surface area contributed by atoms with Crippen molar-refractivity contribution in [2.75, 3.05) is 19.6 Å². The Morgan fingerprint density at radius 1 is 1.21 bits per heavy atom. The predicted octanol–water partition coefficient (Wildman–Crippen LogP) is 3.90. The molecule has 0 saturated carbocycles. The minimum atomic E-state index is -4.37. The highest BCUT2D eigenvalue weighted by Gasteiger charge is 2.30. The Labute approximate surface area is 167 Å². The number of aliphatic imine (C=N–C) groups is 1. The van der Waals surface area contributed by atoms with Crippen molar-refractivity contribution in [1.29, 1.82) is 0 Å². The average molecular weight is 409 g/mol. The van der Waals surface area contributed by atoms with Gasteiger partial charge in [0.05, 0.1) is 12.1 Å². The van der Waals surface area contributed by atoms with Crippen molar-refractivity contribution >= 4 is 17.6 Å². The molecule has 0 aliphatic heterocycles. The highest BCUT2D eigenvalue weighted by Crippen LogP contribution is 2.29. The number of hydrogen-bond donors (Lipinski definition) is 2. The Kier molecular flexibility index (Phi) is 8.15. The van der Waals surface area contributed by atoms with Crippen LogP contribution in [0.2, 0.25) is 5.15 Å². The summed E-state index contributed by atoms with van der Waals surface area (Å²) in [5, 5.41) is 6.57. The zero-order chi connectivity index (χ0) is 20.4. The smallest absolute Gasteiger partial charge is 0.357 e. The van der Waals surface area contributed by atoms with Gasteiger partial charge in [-0.25, -0.2) is 4.98 Å². The summed E-state index contributed by atoms with van der Waals surface area (Å²) < 4.78 is 38.1. The number of nitrogens with zero attached hydrogens (tertiary/aromatic N) is 2. The van der Waals surface area contributed by atoms with Crippen molar-refractivity contribution in [2.24, 2.45) is 4.99 Å². The maximum Gasteiger partial charge on any atom is 0.416 e. The monoisotopic (exact) mass is 408 g/mol. The summed E-state index contributed by atoms with van der Waals surface area (Å²) in [4.78, 5) is 8.46. The third kappa shape index (κ3) is 7.49. The van der Waals surface area contributed by atoms with E-state index in [2.05, 4.69) is 32.5 Å². The standard InChI is InChI=1S/C20H20ClF3N4/c1-2-25-19(27-12-10-16-8-9-18(21)28-14-16)26-11-4-6-15-5-3-7-17(13-15)20(22,23)24/h3,5,7-9,13-14H,2,10-12H2,1H3,(H2,25,26,27). The lowest BCUT2D eigenvalue weighted by atomic mass is 10.1. The molecule has 0 radical (unpaired) electrons. The third-order valence-corrected chi connectivity index (χ3v) is 3.79. The zero-order valence-corrected chi connectivity index (χ0v) is 16.0. The molecule has 1 heterocycles. The van der Waals surface area contributed by atoms with Crippen molar-refractivity contribution in [3.63, 3.8) is 0 Å². The van der Waals surface area contributed by atoms with Crippen LogP contribution in [0, 0.1) is 11.8 Å². The lowest BCUT2D eigenvalue weighted by Crippen LogP contribution is -2.37. The van der Waals surface area contributed by atoms with Crippen LogP contribution in [0.3, 0.4) is 0 Å². The lowest BCUT2D eigenvalue weighted by molar-refractivity contribution is -0.137. The van der Waals surface area contributed by atoms with E-state index < -0.39 is 11.7 Å². The van der Waals surface area contributed by atoms with Crippen molar-refractivity contribution in [2.45, 2.75) is 19.5 Å². The Hall–Kier alpha value is -2.72. The predicted molar refractivity (Wildman–Crippen MR) is 105 cm³/mol. The number of aromatic nitrogens is 1. The Bertz CT molecular complexity index is 852. The molecule has 0 unspecified atom stereocenters. The molecule has 0 atom stereocenters. The highest BCUT2D eigenvalue weighted by atomic mass is 35.5. The maximum atomic E-state index is 12.7. The summed E-state index contributed by atoms with van der Waals surface area (Å²) in [6.07, 6.45) is -1.96. The van der Waals surface area contributed by atoms with Crippen molar-refractivity contribution in [1.82, 2.24) is 15.6 Å². The van der Waals surface area contributed by atoms with Crippen LogP contribution in [0.5, 0.6) is 0 Å². The number of nitrogens with one attached hydrogen (secondary N) is 2. The minimum absolute atomic E-state index is 0.255. The first-order valence-electron chi connectivity index (χ1n) is 8.67. The molecule has 0 saturated heterocycles. The second-order valence-electron chi connectivity index (χ2n) is 5.73. The number of benzene rings is 1. The average Bonchev–Trinajstić information content (AvgIpc) is 2.66. The first-order chi connectivity index (χ1) is 13.4. The Balaban J connectivity index is 1.89. The molecule has 8 heteroatoms. The summed E-state index contributed by atoms with van der Waals surface area (Å²) in [6, 6.07) is 8.57. The molecule has 2 rings (SSSR count). The minimum Gasteiger partial charge on any atom is -0.357 e. The third-order valence-electron chi connectivity index (χ3n) is 3.57. The van der Waals surface area contributed by atoms with E-state index in [0.717, 1.165) is 17.7 Å². The molecule has 0 fully saturated rings. The van der Waals surface area contributed by atoms with Gasteiger partial charge in [-0.2, -0.15) is 13.2 Å². The number of alkyl halides is 3. The van der Waals surface area contributed by atoms with E-state index in [-0.39, 0.29) is 6.54 Å². The summed E-state index contributed by atoms with van der Waals surface area (Å²) in [7, 11) is 0. The van der Waals surface area contributed by atoms with Crippen LogP contribution in [-0.4, -0.2) is 30.6 Å². The van der Waals surface area contributed by atoms with Gasteiger partial charge in [-0.15, -0.1) is 0 Å². The lowest BCUT2D eigenvalue weighted by Gasteiger charge is -2.08. The van der Waals surface area contributed by atoms with Crippen LogP contribution in [0.15, 0.2) is 47.6 Å². The molecule has 2 N–H and O–H groups in total. The first kappa shape index (κ1) is 21.6. The van der Waals surface area contributed by atoms with Crippen LogP contribution in [-0.2, 0) is 12.6 Å². The molecule has 0 bridgehead atoms. The van der Waals surface area contributed by atoms with Gasteiger partial charge in [-0.1, -0.05) is 35.6 Å². The molecule has 1 aromatic carbocycles. The molecular formula is C20H20ClF3N4. The van der Waals surface area contributed by atoms with Crippen LogP contribution < -0.4 is 10.6 Å². The van der Waals surface area contributed by atoms with E-state index in [1.165, 1.54) is 6.07 Å². The molecule has 2 aromatic rings.